The second-order valence-electron chi connectivity index (χ2n) is 6.06. The van der Waals surface area contributed by atoms with Crippen LogP contribution in [0.25, 0.3) is 0 Å². The molecule has 1 nitrogen and oxygen atoms in total. The molecule has 1 aromatic carbocycles. The van der Waals surface area contributed by atoms with Gasteiger partial charge in [-0.05, 0) is 62.9 Å². The fourth-order valence-electron chi connectivity index (χ4n) is 1.81. The van der Waals surface area contributed by atoms with E-state index in [0.29, 0.717) is 10.9 Å². The highest BCUT2D eigenvalue weighted by Gasteiger charge is 2.19. The number of benzene rings is 1. The molecule has 18 heavy (non-hydrogen) atoms. The van der Waals surface area contributed by atoms with E-state index >= 15 is 0 Å². The van der Waals surface area contributed by atoms with E-state index in [9.17, 15) is 4.39 Å². The predicted molar refractivity (Wildman–Crippen MR) is 76.7 cm³/mol. The van der Waals surface area contributed by atoms with Crippen molar-refractivity contribution in [2.24, 2.45) is 5.92 Å². The van der Waals surface area contributed by atoms with E-state index in [1.165, 1.54) is 6.07 Å². The van der Waals surface area contributed by atoms with Crippen LogP contribution >= 0.6 is 11.6 Å². The fourth-order valence-corrected chi connectivity index (χ4v) is 2.10. The zero-order valence-corrected chi connectivity index (χ0v) is 12.6. The van der Waals surface area contributed by atoms with Crippen LogP contribution in [-0.4, -0.2) is 12.1 Å². The Hall–Kier alpha value is -0.600. The Balaban J connectivity index is 2.74. The van der Waals surface area contributed by atoms with Crippen molar-refractivity contribution in [1.82, 2.24) is 5.32 Å². The van der Waals surface area contributed by atoms with Gasteiger partial charge in [-0.25, -0.2) is 4.39 Å². The number of hydrogen-bond acceptors (Lipinski definition) is 1. The molecule has 1 aromatic rings. The van der Waals surface area contributed by atoms with Crippen molar-refractivity contribution >= 4 is 11.6 Å². The van der Waals surface area contributed by atoms with Gasteiger partial charge in [0.15, 0.2) is 0 Å². The summed E-state index contributed by atoms with van der Waals surface area (Å²) in [5.74, 6) is 0.392. The quantitative estimate of drug-likeness (QED) is 0.843. The largest absolute Gasteiger partial charge is 0.312 e. The van der Waals surface area contributed by atoms with E-state index < -0.39 is 0 Å². The average Bonchev–Trinajstić information content (AvgIpc) is 2.27. The van der Waals surface area contributed by atoms with Crippen molar-refractivity contribution in [3.05, 3.63) is 34.6 Å². The predicted octanol–water partition coefficient (Wildman–Crippen LogP) is 4.61. The highest BCUT2D eigenvalue weighted by Crippen LogP contribution is 2.30. The first-order valence-electron chi connectivity index (χ1n) is 6.40. The van der Waals surface area contributed by atoms with Crippen LogP contribution in [0.15, 0.2) is 18.2 Å². The van der Waals surface area contributed by atoms with Crippen molar-refractivity contribution in [2.45, 2.75) is 46.1 Å². The normalized spacial score (nSPS) is 15.5. The molecule has 0 fully saturated rings. The van der Waals surface area contributed by atoms with Crippen molar-refractivity contribution in [3.63, 3.8) is 0 Å². The molecule has 0 saturated heterocycles. The van der Waals surface area contributed by atoms with Crippen LogP contribution in [0.1, 0.15) is 46.1 Å². The third-order valence-corrected chi connectivity index (χ3v) is 3.60. The smallest absolute Gasteiger partial charge is 0.123 e. The van der Waals surface area contributed by atoms with E-state index in [1.54, 1.807) is 12.1 Å². The van der Waals surface area contributed by atoms with Crippen LogP contribution in [0.5, 0.6) is 0 Å². The van der Waals surface area contributed by atoms with Gasteiger partial charge in [0.1, 0.15) is 5.82 Å². The Kier molecular flexibility index (Phi) is 5.18. The first-order chi connectivity index (χ1) is 8.20. The minimum Gasteiger partial charge on any atom is -0.312 e. The molecule has 3 heteroatoms. The Labute approximate surface area is 115 Å². The van der Waals surface area contributed by atoms with E-state index in [4.69, 9.17) is 11.6 Å². The van der Waals surface area contributed by atoms with Crippen LogP contribution in [0.4, 0.5) is 4.39 Å². The molecule has 0 aliphatic rings. The summed E-state index contributed by atoms with van der Waals surface area (Å²) in [6, 6.07) is 4.57. The second kappa shape index (κ2) is 6.03. The molecule has 0 aliphatic carbocycles. The van der Waals surface area contributed by atoms with Crippen molar-refractivity contribution in [1.29, 1.82) is 0 Å². The summed E-state index contributed by atoms with van der Waals surface area (Å²) >= 11 is 6.14. The van der Waals surface area contributed by atoms with Crippen LogP contribution in [0.2, 0.25) is 5.02 Å². The van der Waals surface area contributed by atoms with Crippen molar-refractivity contribution in [2.75, 3.05) is 6.54 Å². The first kappa shape index (κ1) is 15.5. The van der Waals surface area contributed by atoms with Gasteiger partial charge >= 0.3 is 0 Å². The lowest BCUT2D eigenvalue weighted by molar-refractivity contribution is 0.359. The van der Waals surface area contributed by atoms with Crippen LogP contribution in [0, 0.1) is 11.7 Å². The topological polar surface area (TPSA) is 12.0 Å². The first-order valence-corrected chi connectivity index (χ1v) is 6.78. The van der Waals surface area contributed by atoms with Crippen molar-refractivity contribution < 1.29 is 4.39 Å². The summed E-state index contributed by atoms with van der Waals surface area (Å²) in [6.07, 6.45) is 0. The van der Waals surface area contributed by atoms with Crippen molar-refractivity contribution in [3.8, 4) is 0 Å². The van der Waals surface area contributed by atoms with E-state index in [2.05, 4.69) is 39.9 Å². The lowest BCUT2D eigenvalue weighted by atomic mass is 9.88. The summed E-state index contributed by atoms with van der Waals surface area (Å²) in [6.45, 7) is 11.6. The van der Waals surface area contributed by atoms with E-state index in [0.717, 1.165) is 12.1 Å². The monoisotopic (exact) mass is 271 g/mol. The molecule has 0 aliphatic heterocycles. The van der Waals surface area contributed by atoms with Gasteiger partial charge in [-0.15, -0.1) is 0 Å². The highest BCUT2D eigenvalue weighted by molar-refractivity contribution is 6.31. The second-order valence-corrected chi connectivity index (χ2v) is 6.47. The molecule has 0 aromatic heterocycles. The van der Waals surface area contributed by atoms with Crippen LogP contribution in [-0.2, 0) is 0 Å². The molecule has 0 radical (unpaired) electrons. The Morgan fingerprint density at radius 3 is 2.44 bits per heavy atom. The van der Waals surface area contributed by atoms with Gasteiger partial charge in [0.05, 0.1) is 0 Å². The standard InChI is InChI=1S/C15H23ClFN/c1-10(9-18-15(3,4)5)11(2)13-8-12(17)6-7-14(13)16/h6-8,10-11,18H,9H2,1-5H3. The van der Waals surface area contributed by atoms with Gasteiger partial charge < -0.3 is 5.32 Å². The molecule has 102 valence electrons. The molecule has 2 unspecified atom stereocenters. The summed E-state index contributed by atoms with van der Waals surface area (Å²) in [7, 11) is 0. The number of nitrogens with one attached hydrogen (secondary N) is 1. The van der Waals surface area contributed by atoms with E-state index in [-0.39, 0.29) is 17.3 Å². The van der Waals surface area contributed by atoms with E-state index in [1.807, 2.05) is 0 Å². The zero-order valence-electron chi connectivity index (χ0n) is 11.8. The fraction of sp³-hybridized carbons (Fsp3) is 0.600. The number of hydrogen-bond donors (Lipinski definition) is 1. The van der Waals surface area contributed by atoms with Gasteiger partial charge in [-0.3, -0.25) is 0 Å². The van der Waals surface area contributed by atoms with Gasteiger partial charge in [-0.2, -0.15) is 0 Å². The van der Waals surface area contributed by atoms with Crippen LogP contribution < -0.4 is 5.32 Å². The molecule has 1 rings (SSSR count). The lowest BCUT2D eigenvalue weighted by Crippen LogP contribution is -2.39. The maximum atomic E-state index is 13.3. The van der Waals surface area contributed by atoms with Gasteiger partial charge in [0.25, 0.3) is 0 Å². The Morgan fingerprint density at radius 1 is 1.28 bits per heavy atom. The molecule has 0 bridgehead atoms. The SMILES string of the molecule is CC(CNC(C)(C)C)C(C)c1cc(F)ccc1Cl. The third kappa shape index (κ3) is 4.58. The number of halogens is 2. The molecule has 2 atom stereocenters. The molecule has 0 spiro atoms. The third-order valence-electron chi connectivity index (χ3n) is 3.26. The maximum Gasteiger partial charge on any atom is 0.123 e. The average molecular weight is 272 g/mol. The van der Waals surface area contributed by atoms with Gasteiger partial charge in [-0.1, -0.05) is 25.4 Å². The molecular weight excluding hydrogens is 249 g/mol. The van der Waals surface area contributed by atoms with Crippen LogP contribution in [0.3, 0.4) is 0 Å². The summed E-state index contributed by atoms with van der Waals surface area (Å²) in [4.78, 5) is 0. The Morgan fingerprint density at radius 2 is 1.89 bits per heavy atom. The summed E-state index contributed by atoms with van der Waals surface area (Å²) in [5, 5.41) is 4.11. The minimum absolute atomic E-state index is 0.0969. The highest BCUT2D eigenvalue weighted by atomic mass is 35.5. The van der Waals surface area contributed by atoms with Gasteiger partial charge in [0.2, 0.25) is 0 Å². The molecule has 0 amide bonds. The zero-order chi connectivity index (χ0) is 13.9. The molecular formula is C15H23ClFN. The Bertz CT molecular complexity index is 398. The molecule has 0 saturated carbocycles. The minimum atomic E-state index is -0.225. The molecule has 1 N–H and O–H groups in total. The molecule has 0 heterocycles. The lowest BCUT2D eigenvalue weighted by Gasteiger charge is -2.27. The van der Waals surface area contributed by atoms with Gasteiger partial charge in [0, 0.05) is 10.6 Å². The maximum absolute atomic E-state index is 13.3. The number of rotatable bonds is 4. The summed E-state index contributed by atoms with van der Waals surface area (Å²) < 4.78 is 13.3. The summed E-state index contributed by atoms with van der Waals surface area (Å²) in [5.41, 5.74) is 0.986.